The third-order valence-electron chi connectivity index (χ3n) is 2.56. The number of nitrogens with zero attached hydrogens (tertiary/aromatic N) is 1. The van der Waals surface area contributed by atoms with Gasteiger partial charge in [0, 0.05) is 18.9 Å². The van der Waals surface area contributed by atoms with Crippen LogP contribution < -0.4 is 10.6 Å². The zero-order valence-corrected chi connectivity index (χ0v) is 12.1. The number of carbonyl (C=O) groups excluding carboxylic acids is 1. The largest absolute Gasteiger partial charge is 0.324 e. The molecule has 0 saturated carbocycles. The van der Waals surface area contributed by atoms with Crippen LogP contribution in [0.3, 0.4) is 0 Å². The van der Waals surface area contributed by atoms with Crippen LogP contribution in [0, 0.1) is 0 Å². The van der Waals surface area contributed by atoms with Crippen molar-refractivity contribution in [1.29, 1.82) is 0 Å². The molecule has 104 valence electrons. The third-order valence-corrected chi connectivity index (χ3v) is 3.38. The Hall–Kier alpha value is -1.62. The fourth-order valence-corrected chi connectivity index (χ4v) is 1.97. The van der Waals surface area contributed by atoms with Crippen molar-refractivity contribution < 1.29 is 4.79 Å². The van der Waals surface area contributed by atoms with Gasteiger partial charge in [-0.25, -0.2) is 0 Å². The van der Waals surface area contributed by atoms with Crippen molar-refractivity contribution in [2.24, 2.45) is 0 Å². The Balaban J connectivity index is 1.82. The number of nitrogens with one attached hydrogen (secondary N) is 2. The first-order valence-corrected chi connectivity index (χ1v) is 6.76. The molecule has 0 spiro atoms. The minimum atomic E-state index is -0.182. The van der Waals surface area contributed by atoms with Crippen LogP contribution >= 0.6 is 23.2 Å². The molecule has 4 nitrogen and oxygen atoms in total. The zero-order valence-electron chi connectivity index (χ0n) is 10.6. The average molecular weight is 310 g/mol. The molecule has 0 unspecified atom stereocenters. The van der Waals surface area contributed by atoms with Crippen molar-refractivity contribution in [2.75, 3.05) is 11.9 Å². The maximum atomic E-state index is 11.8. The van der Waals surface area contributed by atoms with E-state index in [9.17, 15) is 4.79 Å². The molecular formula is C14H13Cl2N3O. The minimum Gasteiger partial charge on any atom is -0.324 e. The summed E-state index contributed by atoms with van der Waals surface area (Å²) in [5.74, 6) is -0.182. The maximum Gasteiger partial charge on any atom is 0.238 e. The molecule has 0 radical (unpaired) electrons. The number of benzene rings is 1. The van der Waals surface area contributed by atoms with Gasteiger partial charge in [0.05, 0.1) is 22.3 Å². The fourth-order valence-electron chi connectivity index (χ4n) is 1.62. The molecule has 6 heteroatoms. The lowest BCUT2D eigenvalue weighted by Crippen LogP contribution is -2.27. The number of carbonyl (C=O) groups is 1. The van der Waals surface area contributed by atoms with Gasteiger partial charge in [0.2, 0.25) is 5.91 Å². The number of hydrogen-bond acceptors (Lipinski definition) is 3. The second-order valence-corrected chi connectivity index (χ2v) is 4.90. The molecule has 0 bridgehead atoms. The monoisotopic (exact) mass is 309 g/mol. The van der Waals surface area contributed by atoms with Crippen LogP contribution in [0.25, 0.3) is 0 Å². The summed E-state index contributed by atoms with van der Waals surface area (Å²) in [6.45, 7) is 0.752. The van der Waals surface area contributed by atoms with Gasteiger partial charge in [-0.3, -0.25) is 9.78 Å². The van der Waals surface area contributed by atoms with Crippen molar-refractivity contribution >= 4 is 34.8 Å². The highest BCUT2D eigenvalue weighted by molar-refractivity contribution is 6.43. The highest BCUT2D eigenvalue weighted by atomic mass is 35.5. The molecule has 1 aromatic carbocycles. The van der Waals surface area contributed by atoms with Crippen molar-refractivity contribution in [3.63, 3.8) is 0 Å². The van der Waals surface area contributed by atoms with Gasteiger partial charge in [0.1, 0.15) is 0 Å². The predicted octanol–water partition coefficient (Wildman–Crippen LogP) is 3.12. The van der Waals surface area contributed by atoms with Crippen molar-refractivity contribution in [1.82, 2.24) is 10.3 Å². The molecule has 2 N–H and O–H groups in total. The SMILES string of the molecule is O=C(CNCc1cccnc1)Nc1cccc(Cl)c1Cl. The Bertz CT molecular complexity index is 590. The minimum absolute atomic E-state index is 0.178. The van der Waals surface area contributed by atoms with E-state index in [1.807, 2.05) is 12.1 Å². The molecule has 0 aliphatic heterocycles. The van der Waals surface area contributed by atoms with E-state index in [2.05, 4.69) is 15.6 Å². The van der Waals surface area contributed by atoms with Gasteiger partial charge in [-0.2, -0.15) is 0 Å². The summed E-state index contributed by atoms with van der Waals surface area (Å²) in [5, 5.41) is 6.48. The molecule has 1 amide bonds. The van der Waals surface area contributed by atoms with Crippen LogP contribution in [0.15, 0.2) is 42.7 Å². The number of anilines is 1. The molecule has 0 fully saturated rings. The van der Waals surface area contributed by atoms with Gasteiger partial charge in [0.25, 0.3) is 0 Å². The van der Waals surface area contributed by atoms with Crippen LogP contribution in [-0.4, -0.2) is 17.4 Å². The van der Waals surface area contributed by atoms with E-state index >= 15 is 0 Å². The van der Waals surface area contributed by atoms with Crippen LogP contribution in [0.1, 0.15) is 5.56 Å². The summed E-state index contributed by atoms with van der Waals surface area (Å²) in [6, 6.07) is 8.88. The Morgan fingerprint density at radius 3 is 2.80 bits per heavy atom. The summed E-state index contributed by atoms with van der Waals surface area (Å²) < 4.78 is 0. The summed E-state index contributed by atoms with van der Waals surface area (Å²) in [5.41, 5.74) is 1.52. The average Bonchev–Trinajstić information content (AvgIpc) is 2.45. The lowest BCUT2D eigenvalue weighted by molar-refractivity contribution is -0.115. The summed E-state index contributed by atoms with van der Waals surface area (Å²) in [4.78, 5) is 15.8. The Morgan fingerprint density at radius 2 is 2.05 bits per heavy atom. The van der Waals surface area contributed by atoms with Crippen molar-refractivity contribution in [3.8, 4) is 0 Å². The molecule has 2 rings (SSSR count). The first kappa shape index (κ1) is 14.8. The quantitative estimate of drug-likeness (QED) is 0.892. The smallest absolute Gasteiger partial charge is 0.238 e. The standard InChI is InChI=1S/C14H13Cl2N3O/c15-11-4-1-5-12(14(11)16)19-13(20)9-18-8-10-3-2-6-17-7-10/h1-7,18H,8-9H2,(H,19,20). The molecule has 0 aliphatic carbocycles. The Morgan fingerprint density at radius 1 is 1.20 bits per heavy atom. The van der Waals surface area contributed by atoms with E-state index in [0.717, 1.165) is 5.56 Å². The first-order valence-electron chi connectivity index (χ1n) is 6.00. The van der Waals surface area contributed by atoms with Gasteiger partial charge in [-0.1, -0.05) is 35.3 Å². The number of amides is 1. The van der Waals surface area contributed by atoms with Crippen LogP contribution in [0.2, 0.25) is 10.0 Å². The van der Waals surface area contributed by atoms with E-state index in [1.165, 1.54) is 0 Å². The molecule has 2 aromatic rings. The number of aromatic nitrogens is 1. The number of pyridine rings is 1. The molecule has 0 atom stereocenters. The highest BCUT2D eigenvalue weighted by Gasteiger charge is 2.07. The van der Waals surface area contributed by atoms with Crippen LogP contribution in [0.5, 0.6) is 0 Å². The fraction of sp³-hybridized carbons (Fsp3) is 0.143. The molecule has 1 heterocycles. The first-order chi connectivity index (χ1) is 9.66. The lowest BCUT2D eigenvalue weighted by Gasteiger charge is -2.09. The molecule has 1 aromatic heterocycles. The molecular weight excluding hydrogens is 297 g/mol. The summed E-state index contributed by atoms with van der Waals surface area (Å²) in [6.07, 6.45) is 3.45. The zero-order chi connectivity index (χ0) is 14.4. The number of halogens is 2. The van der Waals surface area contributed by atoms with E-state index in [4.69, 9.17) is 23.2 Å². The Labute approximate surface area is 127 Å². The van der Waals surface area contributed by atoms with Gasteiger partial charge in [-0.15, -0.1) is 0 Å². The topological polar surface area (TPSA) is 54.0 Å². The molecule has 20 heavy (non-hydrogen) atoms. The summed E-state index contributed by atoms with van der Waals surface area (Å²) in [7, 11) is 0. The van der Waals surface area contributed by atoms with Crippen molar-refractivity contribution in [3.05, 3.63) is 58.3 Å². The Kier molecular flexibility index (Phi) is 5.35. The van der Waals surface area contributed by atoms with E-state index in [1.54, 1.807) is 30.6 Å². The number of rotatable bonds is 5. The molecule has 0 aliphatic rings. The van der Waals surface area contributed by atoms with E-state index in [0.29, 0.717) is 22.3 Å². The highest BCUT2D eigenvalue weighted by Crippen LogP contribution is 2.29. The molecule has 0 saturated heterocycles. The lowest BCUT2D eigenvalue weighted by atomic mass is 10.3. The van der Waals surface area contributed by atoms with Gasteiger partial charge >= 0.3 is 0 Å². The second-order valence-electron chi connectivity index (χ2n) is 4.11. The second kappa shape index (κ2) is 7.24. The third kappa shape index (κ3) is 4.20. The van der Waals surface area contributed by atoms with Gasteiger partial charge in [0.15, 0.2) is 0 Å². The van der Waals surface area contributed by atoms with Crippen molar-refractivity contribution in [2.45, 2.75) is 6.54 Å². The van der Waals surface area contributed by atoms with Crippen LogP contribution in [0.4, 0.5) is 5.69 Å². The van der Waals surface area contributed by atoms with E-state index in [-0.39, 0.29) is 12.5 Å². The van der Waals surface area contributed by atoms with E-state index < -0.39 is 0 Å². The van der Waals surface area contributed by atoms with Gasteiger partial charge < -0.3 is 10.6 Å². The predicted molar refractivity (Wildman–Crippen MR) is 81.0 cm³/mol. The summed E-state index contributed by atoms with van der Waals surface area (Å²) >= 11 is 11.9. The van der Waals surface area contributed by atoms with Gasteiger partial charge in [-0.05, 0) is 23.8 Å². The number of hydrogen-bond donors (Lipinski definition) is 2. The van der Waals surface area contributed by atoms with Crippen LogP contribution in [-0.2, 0) is 11.3 Å². The maximum absolute atomic E-state index is 11.8. The normalized spacial score (nSPS) is 10.3.